The summed E-state index contributed by atoms with van der Waals surface area (Å²) in [7, 11) is 0. The first kappa shape index (κ1) is 13.9. The van der Waals surface area contributed by atoms with Crippen LogP contribution < -0.4 is 10.6 Å². The van der Waals surface area contributed by atoms with E-state index in [1.54, 1.807) is 0 Å². The second-order valence-corrected chi connectivity index (χ2v) is 6.92. The molecular weight excluding hydrogens is 292 g/mol. The first-order chi connectivity index (χ1) is 10.8. The molecular formula is C18H18N2OS. The van der Waals surface area contributed by atoms with Gasteiger partial charge in [0.2, 0.25) is 0 Å². The number of hydrogen-bond donors (Lipinski definition) is 2. The van der Waals surface area contributed by atoms with Gasteiger partial charge in [-0.25, -0.2) is 0 Å². The maximum atomic E-state index is 12.6. The standard InChI is InChI=1S/C18H18N2OS/c21-18(12-5-6-13-10-19-11-14(13)9-12)20-16-7-8-22-17-4-2-1-3-15(16)17/h1-6,9,16,19H,7-8,10-11H2,(H,20,21). The number of carbonyl (C=O) groups is 1. The maximum Gasteiger partial charge on any atom is 0.251 e. The Morgan fingerprint density at radius 2 is 2.00 bits per heavy atom. The van der Waals surface area contributed by atoms with Gasteiger partial charge in [0, 0.05) is 29.3 Å². The van der Waals surface area contributed by atoms with Crippen LogP contribution in [0, 0.1) is 0 Å². The largest absolute Gasteiger partial charge is 0.345 e. The molecule has 0 saturated carbocycles. The zero-order valence-corrected chi connectivity index (χ0v) is 13.1. The number of thioether (sulfide) groups is 1. The SMILES string of the molecule is O=C(NC1CCSc2ccccc21)c1ccc2c(c1)CNC2. The highest BCUT2D eigenvalue weighted by Crippen LogP contribution is 2.35. The van der Waals surface area contributed by atoms with Gasteiger partial charge < -0.3 is 10.6 Å². The molecule has 0 radical (unpaired) electrons. The van der Waals surface area contributed by atoms with Gasteiger partial charge in [0.15, 0.2) is 0 Å². The van der Waals surface area contributed by atoms with Crippen molar-refractivity contribution in [1.82, 2.24) is 10.6 Å². The first-order valence-corrected chi connectivity index (χ1v) is 8.65. The molecule has 4 rings (SSSR count). The Labute approximate surface area is 134 Å². The van der Waals surface area contributed by atoms with Gasteiger partial charge in [-0.1, -0.05) is 24.3 Å². The van der Waals surface area contributed by atoms with Gasteiger partial charge in [-0.2, -0.15) is 0 Å². The Hall–Kier alpha value is -1.78. The van der Waals surface area contributed by atoms with Crippen molar-refractivity contribution < 1.29 is 4.79 Å². The molecule has 3 nitrogen and oxygen atoms in total. The normalized spacial score (nSPS) is 19.4. The van der Waals surface area contributed by atoms with Crippen molar-refractivity contribution in [3.8, 4) is 0 Å². The van der Waals surface area contributed by atoms with Crippen LogP contribution in [-0.2, 0) is 13.1 Å². The Morgan fingerprint density at radius 3 is 2.95 bits per heavy atom. The van der Waals surface area contributed by atoms with Gasteiger partial charge in [0.05, 0.1) is 6.04 Å². The summed E-state index contributed by atoms with van der Waals surface area (Å²) in [4.78, 5) is 13.9. The van der Waals surface area contributed by atoms with Crippen LogP contribution in [-0.4, -0.2) is 11.7 Å². The number of hydrogen-bond acceptors (Lipinski definition) is 3. The molecule has 0 spiro atoms. The Bertz CT molecular complexity index is 729. The third-order valence-corrected chi connectivity index (χ3v) is 5.49. The third-order valence-electron chi connectivity index (χ3n) is 4.36. The van der Waals surface area contributed by atoms with Crippen LogP contribution in [0.25, 0.3) is 0 Å². The molecule has 2 aromatic carbocycles. The molecule has 2 aromatic rings. The number of carbonyl (C=O) groups excluding carboxylic acids is 1. The molecule has 22 heavy (non-hydrogen) atoms. The van der Waals surface area contributed by atoms with E-state index in [2.05, 4.69) is 34.9 Å². The van der Waals surface area contributed by atoms with Crippen LogP contribution >= 0.6 is 11.8 Å². The van der Waals surface area contributed by atoms with Crippen LogP contribution in [0.1, 0.15) is 39.5 Å². The van der Waals surface area contributed by atoms with E-state index in [4.69, 9.17) is 0 Å². The van der Waals surface area contributed by atoms with Crippen molar-refractivity contribution in [1.29, 1.82) is 0 Å². The number of benzene rings is 2. The molecule has 1 amide bonds. The van der Waals surface area contributed by atoms with Gasteiger partial charge in [-0.3, -0.25) is 4.79 Å². The van der Waals surface area contributed by atoms with Crippen LogP contribution in [0.5, 0.6) is 0 Å². The topological polar surface area (TPSA) is 41.1 Å². The quantitative estimate of drug-likeness (QED) is 0.894. The third kappa shape index (κ3) is 2.53. The summed E-state index contributed by atoms with van der Waals surface area (Å²) in [6, 6.07) is 14.5. The van der Waals surface area contributed by atoms with E-state index in [1.807, 2.05) is 30.0 Å². The molecule has 0 aromatic heterocycles. The summed E-state index contributed by atoms with van der Waals surface area (Å²) in [6.45, 7) is 1.77. The molecule has 0 bridgehead atoms. The fourth-order valence-electron chi connectivity index (χ4n) is 3.17. The zero-order valence-electron chi connectivity index (χ0n) is 12.3. The second kappa shape index (κ2) is 5.78. The lowest BCUT2D eigenvalue weighted by Gasteiger charge is -2.26. The summed E-state index contributed by atoms with van der Waals surface area (Å²) in [6.07, 6.45) is 0.986. The molecule has 2 aliphatic rings. The van der Waals surface area contributed by atoms with Gasteiger partial charge in [0.1, 0.15) is 0 Å². The molecule has 1 unspecified atom stereocenters. The van der Waals surface area contributed by atoms with E-state index in [-0.39, 0.29) is 11.9 Å². The lowest BCUT2D eigenvalue weighted by Crippen LogP contribution is -2.30. The summed E-state index contributed by atoms with van der Waals surface area (Å²) < 4.78 is 0. The minimum atomic E-state index is 0.0291. The average molecular weight is 310 g/mol. The summed E-state index contributed by atoms with van der Waals surface area (Å²) in [5.74, 6) is 1.08. The van der Waals surface area contributed by atoms with Crippen LogP contribution in [0.2, 0.25) is 0 Å². The predicted molar refractivity (Wildman–Crippen MR) is 89.0 cm³/mol. The average Bonchev–Trinajstić information content (AvgIpc) is 3.02. The molecule has 2 aliphatic heterocycles. The zero-order chi connectivity index (χ0) is 14.9. The Balaban J connectivity index is 1.55. The molecule has 0 fully saturated rings. The van der Waals surface area contributed by atoms with Gasteiger partial charge >= 0.3 is 0 Å². The summed E-state index contributed by atoms with van der Waals surface area (Å²) >= 11 is 1.87. The minimum absolute atomic E-state index is 0.0291. The van der Waals surface area contributed by atoms with E-state index < -0.39 is 0 Å². The van der Waals surface area contributed by atoms with Crippen LogP contribution in [0.15, 0.2) is 47.4 Å². The minimum Gasteiger partial charge on any atom is -0.345 e. The molecule has 2 N–H and O–H groups in total. The Morgan fingerprint density at radius 1 is 1.14 bits per heavy atom. The molecule has 0 saturated heterocycles. The van der Waals surface area contributed by atoms with Crippen molar-refractivity contribution >= 4 is 17.7 Å². The molecule has 112 valence electrons. The predicted octanol–water partition coefficient (Wildman–Crippen LogP) is 3.26. The van der Waals surface area contributed by atoms with Crippen molar-refractivity contribution in [2.75, 3.05) is 5.75 Å². The summed E-state index contributed by atoms with van der Waals surface area (Å²) in [5.41, 5.74) is 4.55. The Kier molecular flexibility index (Phi) is 3.64. The fourth-order valence-corrected chi connectivity index (χ4v) is 4.29. The molecule has 0 aliphatic carbocycles. The molecule has 2 heterocycles. The van der Waals surface area contributed by atoms with Gasteiger partial charge in [-0.15, -0.1) is 11.8 Å². The maximum absolute atomic E-state index is 12.6. The molecule has 4 heteroatoms. The van der Waals surface area contributed by atoms with Crippen LogP contribution in [0.3, 0.4) is 0 Å². The number of amides is 1. The van der Waals surface area contributed by atoms with E-state index in [0.717, 1.165) is 30.8 Å². The smallest absolute Gasteiger partial charge is 0.251 e. The lowest BCUT2D eigenvalue weighted by atomic mass is 10.0. The lowest BCUT2D eigenvalue weighted by molar-refractivity contribution is 0.0935. The van der Waals surface area contributed by atoms with E-state index in [9.17, 15) is 4.79 Å². The number of rotatable bonds is 2. The van der Waals surface area contributed by atoms with E-state index >= 15 is 0 Å². The van der Waals surface area contributed by atoms with Crippen molar-refractivity contribution in [2.45, 2.75) is 30.4 Å². The highest BCUT2D eigenvalue weighted by Gasteiger charge is 2.23. The first-order valence-electron chi connectivity index (χ1n) is 7.66. The second-order valence-electron chi connectivity index (χ2n) is 5.79. The highest BCUT2D eigenvalue weighted by atomic mass is 32.2. The van der Waals surface area contributed by atoms with Gasteiger partial charge in [0.25, 0.3) is 5.91 Å². The van der Waals surface area contributed by atoms with E-state index in [0.29, 0.717) is 0 Å². The monoisotopic (exact) mass is 310 g/mol. The number of fused-ring (bicyclic) bond motifs is 2. The fraction of sp³-hybridized carbons (Fsp3) is 0.278. The molecule has 1 atom stereocenters. The summed E-state index contributed by atoms with van der Waals surface area (Å²) in [5, 5.41) is 6.52. The van der Waals surface area contributed by atoms with Crippen molar-refractivity contribution in [3.05, 3.63) is 64.7 Å². The highest BCUT2D eigenvalue weighted by molar-refractivity contribution is 7.99. The number of nitrogens with one attached hydrogen (secondary N) is 2. The van der Waals surface area contributed by atoms with E-state index in [1.165, 1.54) is 21.6 Å². The van der Waals surface area contributed by atoms with Crippen molar-refractivity contribution in [2.24, 2.45) is 0 Å². The van der Waals surface area contributed by atoms with Crippen LogP contribution in [0.4, 0.5) is 0 Å². The van der Waals surface area contributed by atoms with Gasteiger partial charge in [-0.05, 0) is 41.3 Å². The van der Waals surface area contributed by atoms with Crippen molar-refractivity contribution in [3.63, 3.8) is 0 Å².